The minimum absolute atomic E-state index is 0.590. The molecule has 1 heterocycles. The molecule has 1 rings (SSSR count). The molecule has 242 valence electrons. The Morgan fingerprint density at radius 3 is 1.20 bits per heavy atom. The van der Waals surface area contributed by atoms with Gasteiger partial charge in [-0.05, 0) is 26.2 Å². The summed E-state index contributed by atoms with van der Waals surface area (Å²) in [5.74, 6) is 2.05. The Bertz CT molecular complexity index is 635. The van der Waals surface area contributed by atoms with Gasteiger partial charge in [-0.1, -0.05) is 194 Å². The number of nitrogens with zero attached hydrogens (tertiary/aromatic N) is 2. The SMILES string of the molecule is CCCCCCCCCCCCCCCCCC(CCCCC)c1nccn1C(C)CCCCCCCCCCC. The lowest BCUT2D eigenvalue weighted by Crippen LogP contribution is -2.13. The summed E-state index contributed by atoms with van der Waals surface area (Å²) >= 11 is 0. The third-order valence-electron chi connectivity index (χ3n) is 9.58. The first-order chi connectivity index (χ1) is 20.2. The molecule has 0 aliphatic carbocycles. The first-order valence-electron chi connectivity index (χ1n) is 19.3. The van der Waals surface area contributed by atoms with Gasteiger partial charge in [0.15, 0.2) is 0 Å². The zero-order valence-electron chi connectivity index (χ0n) is 28.9. The lowest BCUT2D eigenvalue weighted by molar-refractivity contribution is 0.414. The molecular weight excluding hydrogens is 496 g/mol. The largest absolute Gasteiger partial charge is 0.332 e. The van der Waals surface area contributed by atoms with Gasteiger partial charge in [-0.2, -0.15) is 0 Å². The van der Waals surface area contributed by atoms with Crippen molar-refractivity contribution in [1.82, 2.24) is 9.55 Å². The van der Waals surface area contributed by atoms with Gasteiger partial charge in [0, 0.05) is 24.4 Å². The number of unbranched alkanes of at least 4 members (excludes halogenated alkanes) is 24. The summed E-state index contributed by atoms with van der Waals surface area (Å²) in [4.78, 5) is 4.96. The van der Waals surface area contributed by atoms with E-state index in [9.17, 15) is 0 Å². The molecule has 2 nitrogen and oxygen atoms in total. The average molecular weight is 573 g/mol. The second-order valence-electron chi connectivity index (χ2n) is 13.6. The first kappa shape index (κ1) is 38.2. The monoisotopic (exact) mass is 573 g/mol. The predicted octanol–water partition coefficient (Wildman–Crippen LogP) is 14.3. The van der Waals surface area contributed by atoms with Crippen LogP contribution < -0.4 is 0 Å². The van der Waals surface area contributed by atoms with Crippen molar-refractivity contribution in [2.75, 3.05) is 0 Å². The van der Waals surface area contributed by atoms with E-state index >= 15 is 0 Å². The Morgan fingerprint density at radius 1 is 0.463 bits per heavy atom. The maximum Gasteiger partial charge on any atom is 0.111 e. The van der Waals surface area contributed by atoms with E-state index < -0.39 is 0 Å². The Kier molecular flexibility index (Phi) is 27.3. The highest BCUT2D eigenvalue weighted by Gasteiger charge is 2.19. The molecule has 1 aromatic heterocycles. The summed E-state index contributed by atoms with van der Waals surface area (Å²) in [6, 6.07) is 0.590. The van der Waals surface area contributed by atoms with Crippen LogP contribution in [0.2, 0.25) is 0 Å². The Hall–Kier alpha value is -0.790. The van der Waals surface area contributed by atoms with Gasteiger partial charge < -0.3 is 4.57 Å². The van der Waals surface area contributed by atoms with E-state index in [2.05, 4.69) is 44.7 Å². The molecule has 0 spiro atoms. The van der Waals surface area contributed by atoms with Crippen LogP contribution >= 0.6 is 0 Å². The second kappa shape index (κ2) is 29.3. The number of aromatic nitrogens is 2. The van der Waals surface area contributed by atoms with Crippen LogP contribution in [0.4, 0.5) is 0 Å². The minimum atomic E-state index is 0.590. The number of hydrogen-bond acceptors (Lipinski definition) is 1. The quantitative estimate of drug-likeness (QED) is 0.0785. The smallest absolute Gasteiger partial charge is 0.111 e. The van der Waals surface area contributed by atoms with Crippen molar-refractivity contribution in [3.05, 3.63) is 18.2 Å². The maximum absolute atomic E-state index is 4.96. The van der Waals surface area contributed by atoms with Crippen LogP contribution in [0.15, 0.2) is 12.4 Å². The van der Waals surface area contributed by atoms with E-state index in [1.807, 2.05) is 0 Å². The van der Waals surface area contributed by atoms with E-state index in [0.717, 1.165) is 0 Å². The summed E-state index contributed by atoms with van der Waals surface area (Å²) in [7, 11) is 0. The normalized spacial score (nSPS) is 13.2. The Balaban J connectivity index is 2.24. The summed E-state index contributed by atoms with van der Waals surface area (Å²) in [6.07, 6.45) is 46.8. The summed E-state index contributed by atoms with van der Waals surface area (Å²) in [6.45, 7) is 9.38. The summed E-state index contributed by atoms with van der Waals surface area (Å²) in [5, 5.41) is 0. The fourth-order valence-corrected chi connectivity index (χ4v) is 6.71. The molecule has 0 saturated carbocycles. The molecule has 0 aliphatic heterocycles. The highest BCUT2D eigenvalue weighted by Crippen LogP contribution is 2.30. The highest BCUT2D eigenvalue weighted by atomic mass is 15.1. The fraction of sp³-hybridized carbons (Fsp3) is 0.923. The lowest BCUT2D eigenvalue weighted by atomic mass is 9.93. The number of imidazole rings is 1. The standard InChI is InChI=1S/C39H76N2/c1-5-8-11-13-15-17-18-19-20-21-22-24-26-28-31-34-38(33-29-10-7-3)39-40-35-36-41(39)37(4)32-30-27-25-23-16-14-12-9-6-2/h35-38H,5-34H2,1-4H3. The van der Waals surface area contributed by atoms with Gasteiger partial charge in [-0.25, -0.2) is 4.98 Å². The third-order valence-corrected chi connectivity index (χ3v) is 9.58. The average Bonchev–Trinajstić information content (AvgIpc) is 3.47. The van der Waals surface area contributed by atoms with E-state index in [1.54, 1.807) is 0 Å². The highest BCUT2D eigenvalue weighted by molar-refractivity contribution is 5.02. The van der Waals surface area contributed by atoms with E-state index in [-0.39, 0.29) is 0 Å². The Labute approximate surface area is 259 Å². The van der Waals surface area contributed by atoms with Gasteiger partial charge in [-0.3, -0.25) is 0 Å². The molecule has 0 bridgehead atoms. The number of hydrogen-bond donors (Lipinski definition) is 0. The van der Waals surface area contributed by atoms with Crippen molar-refractivity contribution in [2.45, 2.75) is 232 Å². The molecule has 0 radical (unpaired) electrons. The van der Waals surface area contributed by atoms with Gasteiger partial charge in [0.05, 0.1) is 0 Å². The molecule has 0 aromatic carbocycles. The molecule has 2 heteroatoms. The van der Waals surface area contributed by atoms with Crippen LogP contribution in [0.25, 0.3) is 0 Å². The predicted molar refractivity (Wildman–Crippen MR) is 185 cm³/mol. The van der Waals surface area contributed by atoms with Crippen LogP contribution in [0.5, 0.6) is 0 Å². The lowest BCUT2D eigenvalue weighted by Gasteiger charge is -2.22. The molecule has 0 saturated heterocycles. The third kappa shape index (κ3) is 21.5. The van der Waals surface area contributed by atoms with Gasteiger partial charge in [0.2, 0.25) is 0 Å². The van der Waals surface area contributed by atoms with Crippen molar-refractivity contribution in [3.63, 3.8) is 0 Å². The second-order valence-corrected chi connectivity index (χ2v) is 13.6. The van der Waals surface area contributed by atoms with Crippen molar-refractivity contribution in [3.8, 4) is 0 Å². The van der Waals surface area contributed by atoms with Gasteiger partial charge in [0.1, 0.15) is 5.82 Å². The van der Waals surface area contributed by atoms with Crippen LogP contribution in [0, 0.1) is 0 Å². The molecule has 0 fully saturated rings. The Morgan fingerprint density at radius 2 is 0.780 bits per heavy atom. The summed E-state index contributed by atoms with van der Waals surface area (Å²) < 4.78 is 2.56. The fourth-order valence-electron chi connectivity index (χ4n) is 6.71. The summed E-state index contributed by atoms with van der Waals surface area (Å²) in [5.41, 5.74) is 0. The van der Waals surface area contributed by atoms with Crippen LogP contribution in [0.3, 0.4) is 0 Å². The van der Waals surface area contributed by atoms with Crippen molar-refractivity contribution >= 4 is 0 Å². The van der Waals surface area contributed by atoms with E-state index in [1.165, 1.54) is 198 Å². The van der Waals surface area contributed by atoms with E-state index in [0.29, 0.717) is 12.0 Å². The molecular formula is C39H76N2. The molecule has 2 unspecified atom stereocenters. The van der Waals surface area contributed by atoms with Crippen molar-refractivity contribution < 1.29 is 0 Å². The molecule has 0 aliphatic rings. The zero-order chi connectivity index (χ0) is 29.6. The number of rotatable bonds is 32. The van der Waals surface area contributed by atoms with Gasteiger partial charge in [-0.15, -0.1) is 0 Å². The zero-order valence-corrected chi connectivity index (χ0v) is 28.9. The van der Waals surface area contributed by atoms with Crippen LogP contribution in [0.1, 0.15) is 238 Å². The molecule has 0 N–H and O–H groups in total. The van der Waals surface area contributed by atoms with Gasteiger partial charge >= 0.3 is 0 Å². The molecule has 41 heavy (non-hydrogen) atoms. The van der Waals surface area contributed by atoms with Crippen LogP contribution in [-0.2, 0) is 0 Å². The van der Waals surface area contributed by atoms with Crippen LogP contribution in [-0.4, -0.2) is 9.55 Å². The first-order valence-corrected chi connectivity index (χ1v) is 19.3. The minimum Gasteiger partial charge on any atom is -0.332 e. The van der Waals surface area contributed by atoms with Crippen molar-refractivity contribution in [2.24, 2.45) is 0 Å². The molecule has 1 aromatic rings. The molecule has 0 amide bonds. The maximum atomic E-state index is 4.96. The molecule has 2 atom stereocenters. The van der Waals surface area contributed by atoms with Gasteiger partial charge in [0.25, 0.3) is 0 Å². The van der Waals surface area contributed by atoms with E-state index in [4.69, 9.17) is 4.98 Å². The van der Waals surface area contributed by atoms with Crippen molar-refractivity contribution in [1.29, 1.82) is 0 Å². The topological polar surface area (TPSA) is 17.8 Å².